The topological polar surface area (TPSA) is 55.1 Å². The summed E-state index contributed by atoms with van der Waals surface area (Å²) < 4.78 is 18.6. The standard InChI is InChI=1S/C18H14ClFN2O2/c1-10-8-13(19)6-7-15(10)21-18(23)16-11(2)24-22-17(16)12-4-3-5-14(20)9-12/h3-9H,1-2H3,(H,21,23). The number of benzene rings is 2. The van der Waals surface area contributed by atoms with Crippen molar-refractivity contribution in [3.05, 3.63) is 70.2 Å². The van der Waals surface area contributed by atoms with Crippen LogP contribution < -0.4 is 5.32 Å². The molecule has 0 radical (unpaired) electrons. The van der Waals surface area contributed by atoms with E-state index in [1.165, 1.54) is 12.1 Å². The summed E-state index contributed by atoms with van der Waals surface area (Å²) in [7, 11) is 0. The molecule has 0 aliphatic rings. The number of nitrogens with one attached hydrogen (secondary N) is 1. The van der Waals surface area contributed by atoms with E-state index in [9.17, 15) is 9.18 Å². The number of carbonyl (C=O) groups excluding carboxylic acids is 1. The van der Waals surface area contributed by atoms with Gasteiger partial charge in [0.15, 0.2) is 0 Å². The highest BCUT2D eigenvalue weighted by molar-refractivity contribution is 6.30. The van der Waals surface area contributed by atoms with Gasteiger partial charge in [0.25, 0.3) is 5.91 Å². The molecule has 0 aliphatic carbocycles. The molecule has 3 aromatic rings. The second-order valence-electron chi connectivity index (χ2n) is 5.39. The first-order valence-corrected chi connectivity index (χ1v) is 7.63. The van der Waals surface area contributed by atoms with E-state index in [4.69, 9.17) is 16.1 Å². The van der Waals surface area contributed by atoms with Crippen LogP contribution in [0.5, 0.6) is 0 Å². The van der Waals surface area contributed by atoms with Gasteiger partial charge in [0.2, 0.25) is 0 Å². The summed E-state index contributed by atoms with van der Waals surface area (Å²) in [6, 6.07) is 11.0. The summed E-state index contributed by atoms with van der Waals surface area (Å²) in [5.74, 6) is -0.426. The van der Waals surface area contributed by atoms with E-state index in [1.54, 1.807) is 37.3 Å². The Hall–Kier alpha value is -2.66. The Kier molecular flexibility index (Phi) is 4.36. The van der Waals surface area contributed by atoms with Crippen LogP contribution in [0.25, 0.3) is 11.3 Å². The lowest BCUT2D eigenvalue weighted by Crippen LogP contribution is -2.14. The molecule has 2 aromatic carbocycles. The molecule has 0 aliphatic heterocycles. The Bertz CT molecular complexity index is 921. The van der Waals surface area contributed by atoms with Gasteiger partial charge in [-0.2, -0.15) is 0 Å². The summed E-state index contributed by atoms with van der Waals surface area (Å²) in [6.07, 6.45) is 0. The third-order valence-electron chi connectivity index (χ3n) is 3.62. The fourth-order valence-corrected chi connectivity index (χ4v) is 2.65. The number of hydrogen-bond donors (Lipinski definition) is 1. The fourth-order valence-electron chi connectivity index (χ4n) is 2.42. The monoisotopic (exact) mass is 344 g/mol. The normalized spacial score (nSPS) is 10.7. The molecule has 1 amide bonds. The van der Waals surface area contributed by atoms with Crippen molar-refractivity contribution in [2.24, 2.45) is 0 Å². The highest BCUT2D eigenvalue weighted by Crippen LogP contribution is 2.27. The quantitative estimate of drug-likeness (QED) is 0.727. The van der Waals surface area contributed by atoms with E-state index in [2.05, 4.69) is 10.5 Å². The molecule has 0 unspecified atom stereocenters. The molecule has 0 atom stereocenters. The summed E-state index contributed by atoms with van der Waals surface area (Å²) in [6.45, 7) is 3.48. The first-order chi connectivity index (χ1) is 11.5. The number of aryl methyl sites for hydroxylation is 2. The van der Waals surface area contributed by atoms with Crippen molar-refractivity contribution >= 4 is 23.2 Å². The SMILES string of the molecule is Cc1cc(Cl)ccc1NC(=O)c1c(-c2cccc(F)c2)noc1C. The summed E-state index contributed by atoms with van der Waals surface area (Å²) in [5.41, 5.74) is 2.52. The van der Waals surface area contributed by atoms with E-state index in [-0.39, 0.29) is 11.5 Å². The van der Waals surface area contributed by atoms with Crippen molar-refractivity contribution in [3.63, 3.8) is 0 Å². The third kappa shape index (κ3) is 3.16. The number of hydrogen-bond acceptors (Lipinski definition) is 3. The molecular formula is C18H14ClFN2O2. The molecule has 0 saturated heterocycles. The van der Waals surface area contributed by atoms with Crippen molar-refractivity contribution in [1.82, 2.24) is 5.16 Å². The van der Waals surface area contributed by atoms with Gasteiger partial charge in [-0.3, -0.25) is 4.79 Å². The van der Waals surface area contributed by atoms with Crippen molar-refractivity contribution in [1.29, 1.82) is 0 Å². The molecule has 122 valence electrons. The van der Waals surface area contributed by atoms with Gasteiger partial charge >= 0.3 is 0 Å². The van der Waals surface area contributed by atoms with Gasteiger partial charge in [-0.25, -0.2) is 4.39 Å². The Labute approximate surface area is 143 Å². The number of halogens is 2. The average Bonchev–Trinajstić information content (AvgIpc) is 2.92. The lowest BCUT2D eigenvalue weighted by atomic mass is 10.1. The van der Waals surface area contributed by atoms with E-state index < -0.39 is 5.82 Å². The van der Waals surface area contributed by atoms with Crippen LogP contribution in [0.15, 0.2) is 47.0 Å². The van der Waals surface area contributed by atoms with Crippen molar-refractivity contribution in [3.8, 4) is 11.3 Å². The lowest BCUT2D eigenvalue weighted by molar-refractivity contribution is 0.102. The molecule has 4 nitrogen and oxygen atoms in total. The second kappa shape index (κ2) is 6.45. The number of rotatable bonds is 3. The predicted molar refractivity (Wildman–Crippen MR) is 90.8 cm³/mol. The average molecular weight is 345 g/mol. The second-order valence-corrected chi connectivity index (χ2v) is 5.82. The molecule has 0 spiro atoms. The summed E-state index contributed by atoms with van der Waals surface area (Å²) in [4.78, 5) is 12.7. The Morgan fingerprint density at radius 2 is 2.00 bits per heavy atom. The molecule has 1 N–H and O–H groups in total. The molecule has 1 heterocycles. The zero-order valence-electron chi connectivity index (χ0n) is 13.1. The van der Waals surface area contributed by atoms with Crippen LogP contribution in [-0.4, -0.2) is 11.1 Å². The zero-order valence-corrected chi connectivity index (χ0v) is 13.8. The highest BCUT2D eigenvalue weighted by Gasteiger charge is 2.22. The minimum absolute atomic E-state index is 0.273. The van der Waals surface area contributed by atoms with Gasteiger partial charge in [-0.1, -0.05) is 28.9 Å². The number of anilines is 1. The number of aromatic nitrogens is 1. The van der Waals surface area contributed by atoms with E-state index in [0.29, 0.717) is 27.7 Å². The van der Waals surface area contributed by atoms with Crippen LogP contribution in [-0.2, 0) is 0 Å². The van der Waals surface area contributed by atoms with Crippen LogP contribution in [0.4, 0.5) is 10.1 Å². The molecule has 0 saturated carbocycles. The molecular weight excluding hydrogens is 331 g/mol. The van der Waals surface area contributed by atoms with Crippen LogP contribution in [0, 0.1) is 19.7 Å². The molecule has 24 heavy (non-hydrogen) atoms. The molecule has 0 bridgehead atoms. The number of amides is 1. The van der Waals surface area contributed by atoms with E-state index >= 15 is 0 Å². The van der Waals surface area contributed by atoms with E-state index in [0.717, 1.165) is 5.56 Å². The maximum absolute atomic E-state index is 13.5. The summed E-state index contributed by atoms with van der Waals surface area (Å²) >= 11 is 5.93. The molecule has 1 aromatic heterocycles. The number of carbonyl (C=O) groups is 1. The largest absolute Gasteiger partial charge is 0.360 e. The minimum Gasteiger partial charge on any atom is -0.360 e. The van der Waals surface area contributed by atoms with Crippen molar-refractivity contribution in [2.75, 3.05) is 5.32 Å². The molecule has 0 fully saturated rings. The van der Waals surface area contributed by atoms with Crippen LogP contribution in [0.3, 0.4) is 0 Å². The smallest absolute Gasteiger partial charge is 0.261 e. The van der Waals surface area contributed by atoms with Crippen LogP contribution >= 0.6 is 11.6 Å². The molecule has 6 heteroatoms. The Morgan fingerprint density at radius 1 is 1.21 bits per heavy atom. The third-order valence-corrected chi connectivity index (χ3v) is 3.86. The first-order valence-electron chi connectivity index (χ1n) is 7.25. The Balaban J connectivity index is 1.97. The predicted octanol–water partition coefficient (Wildman–Crippen LogP) is 5.00. The van der Waals surface area contributed by atoms with Gasteiger partial charge in [0.05, 0.1) is 0 Å². The van der Waals surface area contributed by atoms with Gasteiger partial charge in [-0.15, -0.1) is 0 Å². The number of nitrogens with zero attached hydrogens (tertiary/aromatic N) is 1. The first kappa shape index (κ1) is 16.2. The lowest BCUT2D eigenvalue weighted by Gasteiger charge is -2.09. The fraction of sp³-hybridized carbons (Fsp3) is 0.111. The van der Waals surface area contributed by atoms with Gasteiger partial charge in [0, 0.05) is 16.3 Å². The highest BCUT2D eigenvalue weighted by atomic mass is 35.5. The minimum atomic E-state index is -0.409. The van der Waals surface area contributed by atoms with Crippen LogP contribution in [0.1, 0.15) is 21.7 Å². The zero-order chi connectivity index (χ0) is 17.3. The van der Waals surface area contributed by atoms with Crippen molar-refractivity contribution < 1.29 is 13.7 Å². The van der Waals surface area contributed by atoms with Crippen molar-refractivity contribution in [2.45, 2.75) is 13.8 Å². The van der Waals surface area contributed by atoms with E-state index in [1.807, 2.05) is 6.92 Å². The maximum Gasteiger partial charge on any atom is 0.261 e. The molecule has 3 rings (SSSR count). The van der Waals surface area contributed by atoms with Gasteiger partial charge in [0.1, 0.15) is 22.8 Å². The Morgan fingerprint density at radius 3 is 2.71 bits per heavy atom. The maximum atomic E-state index is 13.5. The van der Waals surface area contributed by atoms with Crippen LogP contribution in [0.2, 0.25) is 5.02 Å². The van der Waals surface area contributed by atoms with Gasteiger partial charge < -0.3 is 9.84 Å². The summed E-state index contributed by atoms with van der Waals surface area (Å²) in [5, 5.41) is 7.31. The van der Waals surface area contributed by atoms with Gasteiger partial charge in [-0.05, 0) is 49.7 Å².